The fraction of sp³-hybridized carbons (Fsp3) is 0.500. The lowest BCUT2D eigenvalue weighted by molar-refractivity contribution is 0.305. The maximum absolute atomic E-state index is 5.13. The van der Waals surface area contributed by atoms with Gasteiger partial charge in [0, 0.05) is 0 Å². The van der Waals surface area contributed by atoms with Gasteiger partial charge in [-0.1, -0.05) is 33.4 Å². The number of hydrogen-bond donors (Lipinski definition) is 0. The van der Waals surface area contributed by atoms with Gasteiger partial charge in [0.05, 0.1) is 7.11 Å². The van der Waals surface area contributed by atoms with Gasteiger partial charge in [-0.15, -0.1) is 0 Å². The van der Waals surface area contributed by atoms with Crippen molar-refractivity contribution in [3.63, 3.8) is 0 Å². The van der Waals surface area contributed by atoms with Crippen LogP contribution in [0.4, 0.5) is 0 Å². The van der Waals surface area contributed by atoms with Gasteiger partial charge in [0.1, 0.15) is 5.76 Å². The zero-order valence-electron chi connectivity index (χ0n) is 9.35. The van der Waals surface area contributed by atoms with E-state index in [2.05, 4.69) is 33.4 Å². The van der Waals surface area contributed by atoms with E-state index in [4.69, 9.17) is 4.74 Å². The molecule has 0 aromatic heterocycles. The van der Waals surface area contributed by atoms with Gasteiger partial charge in [-0.25, -0.2) is 0 Å². The zero-order chi connectivity index (χ0) is 10.5. The van der Waals surface area contributed by atoms with Crippen LogP contribution in [0, 0.1) is 5.41 Å². The third-order valence-electron chi connectivity index (χ3n) is 1.91. The highest BCUT2D eigenvalue weighted by Gasteiger charge is 2.14. The van der Waals surface area contributed by atoms with Crippen LogP contribution >= 0.6 is 0 Å². The van der Waals surface area contributed by atoms with Gasteiger partial charge in [0.25, 0.3) is 0 Å². The summed E-state index contributed by atoms with van der Waals surface area (Å²) in [6.45, 7) is 12.2. The number of ether oxygens (including phenoxy) is 1. The first-order valence-corrected chi connectivity index (χ1v) is 4.50. The van der Waals surface area contributed by atoms with Gasteiger partial charge in [0.2, 0.25) is 0 Å². The Kier molecular flexibility index (Phi) is 4.53. The minimum absolute atomic E-state index is 0.154. The van der Waals surface area contributed by atoms with E-state index >= 15 is 0 Å². The number of methoxy groups -OCH3 is 1. The van der Waals surface area contributed by atoms with Crippen LogP contribution in [0.25, 0.3) is 0 Å². The van der Waals surface area contributed by atoms with Crippen molar-refractivity contribution in [3.8, 4) is 0 Å². The Morgan fingerprint density at radius 1 is 1.31 bits per heavy atom. The second-order valence-electron chi connectivity index (χ2n) is 3.95. The van der Waals surface area contributed by atoms with Crippen molar-refractivity contribution in [1.82, 2.24) is 0 Å². The molecule has 0 aromatic rings. The molecular weight excluding hydrogens is 160 g/mol. The highest BCUT2D eigenvalue weighted by molar-refractivity contribution is 5.29. The maximum Gasteiger partial charge on any atom is 0.118 e. The van der Waals surface area contributed by atoms with Crippen molar-refractivity contribution in [2.75, 3.05) is 7.11 Å². The SMILES string of the molecule is C=C/C(=C\C(=C/C)C(C)(C)C)OC. The standard InChI is InChI=1S/C12H20O/c1-7-10(12(3,4)5)9-11(8-2)13-6/h7-9H,2H2,1,3-6H3/b10-7+,11-9+. The van der Waals surface area contributed by atoms with Crippen LogP contribution in [0.5, 0.6) is 0 Å². The highest BCUT2D eigenvalue weighted by Crippen LogP contribution is 2.27. The molecule has 74 valence electrons. The van der Waals surface area contributed by atoms with Crippen molar-refractivity contribution in [1.29, 1.82) is 0 Å². The molecular formula is C12H20O. The molecule has 0 rings (SSSR count). The van der Waals surface area contributed by atoms with E-state index < -0.39 is 0 Å². The van der Waals surface area contributed by atoms with Crippen molar-refractivity contribution < 1.29 is 4.74 Å². The Morgan fingerprint density at radius 2 is 1.85 bits per heavy atom. The average molecular weight is 180 g/mol. The topological polar surface area (TPSA) is 9.23 Å². The second kappa shape index (κ2) is 4.90. The van der Waals surface area contributed by atoms with Crippen molar-refractivity contribution in [2.45, 2.75) is 27.7 Å². The van der Waals surface area contributed by atoms with Crippen molar-refractivity contribution in [2.24, 2.45) is 5.41 Å². The van der Waals surface area contributed by atoms with Gasteiger partial charge in [-0.2, -0.15) is 0 Å². The summed E-state index contributed by atoms with van der Waals surface area (Å²) in [5.41, 5.74) is 1.41. The molecule has 0 aliphatic carbocycles. The predicted octanol–water partition coefficient (Wildman–Crippen LogP) is 3.70. The van der Waals surface area contributed by atoms with E-state index in [0.29, 0.717) is 0 Å². The lowest BCUT2D eigenvalue weighted by Gasteiger charge is -2.20. The van der Waals surface area contributed by atoms with E-state index in [9.17, 15) is 0 Å². The summed E-state index contributed by atoms with van der Waals surface area (Å²) in [5.74, 6) is 0.808. The zero-order valence-corrected chi connectivity index (χ0v) is 9.35. The summed E-state index contributed by atoms with van der Waals surface area (Å²) in [6.07, 6.45) is 5.84. The summed E-state index contributed by atoms with van der Waals surface area (Å²) >= 11 is 0. The van der Waals surface area contributed by atoms with Gasteiger partial charge in [-0.05, 0) is 30.1 Å². The molecule has 0 atom stereocenters. The summed E-state index contributed by atoms with van der Waals surface area (Å²) in [5, 5.41) is 0. The number of allylic oxidation sites excluding steroid dienone is 4. The van der Waals surface area contributed by atoms with Gasteiger partial charge < -0.3 is 4.74 Å². The van der Waals surface area contributed by atoms with E-state index in [1.165, 1.54) is 5.57 Å². The Morgan fingerprint density at radius 3 is 2.08 bits per heavy atom. The monoisotopic (exact) mass is 180 g/mol. The molecule has 0 heterocycles. The van der Waals surface area contributed by atoms with E-state index in [0.717, 1.165) is 5.76 Å². The van der Waals surface area contributed by atoms with Crippen LogP contribution in [-0.4, -0.2) is 7.11 Å². The average Bonchev–Trinajstić information content (AvgIpc) is 2.04. The Labute approximate surface area is 81.8 Å². The molecule has 0 fully saturated rings. The van der Waals surface area contributed by atoms with Crippen molar-refractivity contribution >= 4 is 0 Å². The fourth-order valence-corrected chi connectivity index (χ4v) is 1.09. The second-order valence-corrected chi connectivity index (χ2v) is 3.95. The van der Waals surface area contributed by atoms with Gasteiger partial charge in [-0.3, -0.25) is 0 Å². The van der Waals surface area contributed by atoms with E-state index in [1.54, 1.807) is 13.2 Å². The molecule has 1 nitrogen and oxygen atoms in total. The minimum atomic E-state index is 0.154. The summed E-state index contributed by atoms with van der Waals surface area (Å²) in [7, 11) is 1.66. The smallest absolute Gasteiger partial charge is 0.118 e. The van der Waals surface area contributed by atoms with Crippen LogP contribution in [0.2, 0.25) is 0 Å². The lowest BCUT2D eigenvalue weighted by atomic mass is 9.86. The number of rotatable bonds is 3. The normalized spacial score (nSPS) is 14.2. The first kappa shape index (κ1) is 12.0. The van der Waals surface area contributed by atoms with Gasteiger partial charge >= 0.3 is 0 Å². The summed E-state index contributed by atoms with van der Waals surface area (Å²) < 4.78 is 5.13. The molecule has 0 aromatic carbocycles. The third kappa shape index (κ3) is 3.97. The largest absolute Gasteiger partial charge is 0.497 e. The Hall–Kier alpha value is -0.980. The van der Waals surface area contributed by atoms with E-state index in [-0.39, 0.29) is 5.41 Å². The minimum Gasteiger partial charge on any atom is -0.497 e. The molecule has 0 unspecified atom stereocenters. The number of hydrogen-bond acceptors (Lipinski definition) is 1. The molecule has 0 bridgehead atoms. The molecule has 0 saturated heterocycles. The Balaban J connectivity index is 4.84. The third-order valence-corrected chi connectivity index (χ3v) is 1.91. The molecule has 0 aliphatic heterocycles. The highest BCUT2D eigenvalue weighted by atomic mass is 16.5. The molecule has 0 saturated carbocycles. The van der Waals surface area contributed by atoms with Crippen LogP contribution in [0.1, 0.15) is 27.7 Å². The predicted molar refractivity (Wildman–Crippen MR) is 58.5 cm³/mol. The summed E-state index contributed by atoms with van der Waals surface area (Å²) in [6, 6.07) is 0. The van der Waals surface area contributed by atoms with Crippen LogP contribution in [0.3, 0.4) is 0 Å². The lowest BCUT2D eigenvalue weighted by Crippen LogP contribution is -2.07. The van der Waals surface area contributed by atoms with Crippen LogP contribution < -0.4 is 0 Å². The molecule has 0 aliphatic rings. The van der Waals surface area contributed by atoms with Crippen LogP contribution in [-0.2, 0) is 4.74 Å². The quantitative estimate of drug-likeness (QED) is 0.475. The molecule has 1 heteroatoms. The first-order chi connectivity index (χ1) is 5.95. The molecule has 0 amide bonds. The van der Waals surface area contributed by atoms with Crippen LogP contribution in [0.15, 0.2) is 36.1 Å². The molecule has 0 radical (unpaired) electrons. The molecule has 13 heavy (non-hydrogen) atoms. The maximum atomic E-state index is 5.13. The summed E-state index contributed by atoms with van der Waals surface area (Å²) in [4.78, 5) is 0. The molecule has 0 spiro atoms. The van der Waals surface area contributed by atoms with Crippen molar-refractivity contribution in [3.05, 3.63) is 36.1 Å². The fourth-order valence-electron chi connectivity index (χ4n) is 1.09. The van der Waals surface area contributed by atoms with Gasteiger partial charge in [0.15, 0.2) is 0 Å². The molecule has 0 N–H and O–H groups in total. The first-order valence-electron chi connectivity index (χ1n) is 4.50. The Bertz CT molecular complexity index is 226. The van der Waals surface area contributed by atoms with E-state index in [1.807, 2.05) is 13.0 Å².